The standard InChI is InChI=1S/C19H18N4O3/c20-17-12-6-2-1-5-11(12)9-14(17)21-16(24)10-23-15-8-4-3-7-13(15)18(25)22-19(23)26/h1-8,14,17H,9-10,20H2,(H,21,24)(H,22,25,26)/t14-,17-/m1/s1. The fourth-order valence-corrected chi connectivity index (χ4v) is 3.56. The van der Waals surface area contributed by atoms with Gasteiger partial charge in [0.1, 0.15) is 6.54 Å². The van der Waals surface area contributed by atoms with E-state index in [9.17, 15) is 14.4 Å². The molecule has 0 spiro atoms. The number of carbonyl (C=O) groups excluding carboxylic acids is 1. The maximum atomic E-state index is 12.5. The van der Waals surface area contributed by atoms with Crippen molar-refractivity contribution >= 4 is 16.8 Å². The van der Waals surface area contributed by atoms with E-state index in [1.807, 2.05) is 24.3 Å². The molecular weight excluding hydrogens is 332 g/mol. The van der Waals surface area contributed by atoms with Gasteiger partial charge in [0.25, 0.3) is 5.56 Å². The van der Waals surface area contributed by atoms with Crippen LogP contribution in [0.15, 0.2) is 58.1 Å². The molecule has 3 aromatic rings. The molecular formula is C19H18N4O3. The first kappa shape index (κ1) is 16.3. The van der Waals surface area contributed by atoms with Crippen LogP contribution in [0.1, 0.15) is 17.2 Å². The van der Waals surface area contributed by atoms with E-state index < -0.39 is 11.2 Å². The molecule has 1 amide bonds. The molecule has 0 fully saturated rings. The van der Waals surface area contributed by atoms with E-state index in [1.54, 1.807) is 24.3 Å². The Morgan fingerprint density at radius 1 is 1.15 bits per heavy atom. The van der Waals surface area contributed by atoms with Gasteiger partial charge in [-0.3, -0.25) is 19.1 Å². The van der Waals surface area contributed by atoms with Crippen LogP contribution in [0.5, 0.6) is 0 Å². The first-order valence-corrected chi connectivity index (χ1v) is 8.39. The normalized spacial score (nSPS) is 18.7. The van der Waals surface area contributed by atoms with Crippen LogP contribution in [0.25, 0.3) is 10.9 Å². The third kappa shape index (κ3) is 2.72. The van der Waals surface area contributed by atoms with Crippen LogP contribution in [0, 0.1) is 0 Å². The van der Waals surface area contributed by atoms with Gasteiger partial charge in [-0.2, -0.15) is 0 Å². The van der Waals surface area contributed by atoms with E-state index in [0.29, 0.717) is 17.3 Å². The summed E-state index contributed by atoms with van der Waals surface area (Å²) in [5.74, 6) is -0.322. The van der Waals surface area contributed by atoms with Crippen LogP contribution in [-0.4, -0.2) is 21.5 Å². The lowest BCUT2D eigenvalue weighted by atomic mass is 10.1. The third-order valence-corrected chi connectivity index (χ3v) is 4.84. The highest BCUT2D eigenvalue weighted by Gasteiger charge is 2.30. The van der Waals surface area contributed by atoms with Gasteiger partial charge in [-0.15, -0.1) is 0 Å². The molecule has 0 unspecified atom stereocenters. The van der Waals surface area contributed by atoms with Crippen molar-refractivity contribution in [3.05, 3.63) is 80.5 Å². The maximum absolute atomic E-state index is 12.5. The lowest BCUT2D eigenvalue weighted by Crippen LogP contribution is -2.44. The number of rotatable bonds is 3. The minimum Gasteiger partial charge on any atom is -0.350 e. The van der Waals surface area contributed by atoms with Gasteiger partial charge in [0.15, 0.2) is 0 Å². The van der Waals surface area contributed by atoms with Crippen LogP contribution >= 0.6 is 0 Å². The molecule has 1 heterocycles. The number of hydrogen-bond acceptors (Lipinski definition) is 4. The van der Waals surface area contributed by atoms with Gasteiger partial charge in [-0.1, -0.05) is 36.4 Å². The first-order chi connectivity index (χ1) is 12.5. The van der Waals surface area contributed by atoms with Gasteiger partial charge < -0.3 is 11.1 Å². The summed E-state index contributed by atoms with van der Waals surface area (Å²) in [7, 11) is 0. The van der Waals surface area contributed by atoms with Crippen molar-refractivity contribution in [3.63, 3.8) is 0 Å². The molecule has 0 bridgehead atoms. The Kier molecular flexibility index (Phi) is 3.93. The Morgan fingerprint density at radius 2 is 1.88 bits per heavy atom. The number of H-pyrrole nitrogens is 1. The lowest BCUT2D eigenvalue weighted by Gasteiger charge is -2.18. The molecule has 7 nitrogen and oxygen atoms in total. The number of amides is 1. The van der Waals surface area contributed by atoms with Gasteiger partial charge >= 0.3 is 5.69 Å². The third-order valence-electron chi connectivity index (χ3n) is 4.84. The van der Waals surface area contributed by atoms with Crippen LogP contribution in [0.2, 0.25) is 0 Å². The topological polar surface area (TPSA) is 110 Å². The number of para-hydroxylation sites is 1. The predicted molar refractivity (Wildman–Crippen MR) is 97.8 cm³/mol. The predicted octanol–water partition coefficient (Wildman–Crippen LogP) is 0.431. The van der Waals surface area contributed by atoms with E-state index in [-0.39, 0.29) is 24.5 Å². The molecule has 26 heavy (non-hydrogen) atoms. The number of aromatic amines is 1. The Bertz CT molecular complexity index is 1120. The number of aromatic nitrogens is 2. The summed E-state index contributed by atoms with van der Waals surface area (Å²) in [5, 5.41) is 3.28. The molecule has 4 N–H and O–H groups in total. The van der Waals surface area contributed by atoms with E-state index in [2.05, 4.69) is 10.3 Å². The summed E-state index contributed by atoms with van der Waals surface area (Å²) in [4.78, 5) is 38.8. The Balaban J connectivity index is 1.58. The van der Waals surface area contributed by atoms with Crippen LogP contribution in [-0.2, 0) is 17.8 Å². The van der Waals surface area contributed by atoms with Crippen molar-refractivity contribution in [1.29, 1.82) is 0 Å². The highest BCUT2D eigenvalue weighted by molar-refractivity contribution is 5.81. The van der Waals surface area contributed by atoms with Gasteiger partial charge in [0.2, 0.25) is 5.91 Å². The maximum Gasteiger partial charge on any atom is 0.329 e. The van der Waals surface area contributed by atoms with Crippen molar-refractivity contribution < 1.29 is 4.79 Å². The van der Waals surface area contributed by atoms with E-state index in [4.69, 9.17) is 5.73 Å². The average Bonchev–Trinajstić information content (AvgIpc) is 2.95. The molecule has 2 aromatic carbocycles. The Morgan fingerprint density at radius 3 is 2.69 bits per heavy atom. The second kappa shape index (κ2) is 6.27. The number of nitrogens with one attached hydrogen (secondary N) is 2. The van der Waals surface area contributed by atoms with Crippen molar-refractivity contribution in [2.75, 3.05) is 0 Å². The van der Waals surface area contributed by atoms with Gasteiger partial charge in [-0.05, 0) is 29.7 Å². The average molecular weight is 350 g/mol. The molecule has 0 radical (unpaired) electrons. The zero-order valence-corrected chi connectivity index (χ0v) is 13.9. The molecule has 4 rings (SSSR count). The second-order valence-electron chi connectivity index (χ2n) is 6.47. The van der Waals surface area contributed by atoms with Gasteiger partial charge in [-0.25, -0.2) is 4.79 Å². The minimum absolute atomic E-state index is 0.185. The number of fused-ring (bicyclic) bond motifs is 2. The van der Waals surface area contributed by atoms with E-state index in [0.717, 1.165) is 11.1 Å². The quantitative estimate of drug-likeness (QED) is 0.636. The first-order valence-electron chi connectivity index (χ1n) is 8.39. The number of nitrogens with zero attached hydrogens (tertiary/aromatic N) is 1. The SMILES string of the molecule is N[C@@H]1c2ccccc2C[C@H]1NC(=O)Cn1c(=O)[nH]c(=O)c2ccccc21. The Hall–Kier alpha value is -3.19. The molecule has 0 saturated heterocycles. The highest BCUT2D eigenvalue weighted by atomic mass is 16.2. The summed E-state index contributed by atoms with van der Waals surface area (Å²) in [5.41, 5.74) is 7.75. The molecule has 0 aliphatic heterocycles. The van der Waals surface area contributed by atoms with Gasteiger partial charge in [0, 0.05) is 0 Å². The van der Waals surface area contributed by atoms with Crippen LogP contribution < -0.4 is 22.3 Å². The summed E-state index contributed by atoms with van der Waals surface area (Å²) >= 11 is 0. The number of carbonyl (C=O) groups is 1. The monoisotopic (exact) mass is 350 g/mol. The molecule has 7 heteroatoms. The highest BCUT2D eigenvalue weighted by Crippen LogP contribution is 2.29. The van der Waals surface area contributed by atoms with Crippen molar-refractivity contribution in [2.45, 2.75) is 25.0 Å². The van der Waals surface area contributed by atoms with Crippen LogP contribution in [0.4, 0.5) is 0 Å². The molecule has 1 aromatic heterocycles. The molecule has 132 valence electrons. The fourth-order valence-electron chi connectivity index (χ4n) is 3.56. The summed E-state index contributed by atoms with van der Waals surface area (Å²) < 4.78 is 1.26. The number of nitrogens with two attached hydrogens (primary N) is 1. The van der Waals surface area contributed by atoms with Crippen molar-refractivity contribution in [2.24, 2.45) is 5.73 Å². The summed E-state index contributed by atoms with van der Waals surface area (Å²) in [6.07, 6.45) is 0.657. The second-order valence-corrected chi connectivity index (χ2v) is 6.47. The van der Waals surface area contributed by atoms with Crippen LogP contribution in [0.3, 0.4) is 0 Å². The lowest BCUT2D eigenvalue weighted by molar-refractivity contribution is -0.122. The fraction of sp³-hybridized carbons (Fsp3) is 0.211. The number of benzene rings is 2. The van der Waals surface area contributed by atoms with Gasteiger partial charge in [0.05, 0.1) is 23.0 Å². The number of hydrogen-bond donors (Lipinski definition) is 3. The van der Waals surface area contributed by atoms with Crippen molar-refractivity contribution in [3.8, 4) is 0 Å². The zero-order valence-electron chi connectivity index (χ0n) is 13.9. The smallest absolute Gasteiger partial charge is 0.329 e. The van der Waals surface area contributed by atoms with E-state index >= 15 is 0 Å². The van der Waals surface area contributed by atoms with Crippen molar-refractivity contribution in [1.82, 2.24) is 14.9 Å². The molecule has 0 saturated carbocycles. The zero-order chi connectivity index (χ0) is 18.3. The minimum atomic E-state index is -0.608. The molecule has 2 atom stereocenters. The molecule has 1 aliphatic carbocycles. The Labute approximate surface area is 148 Å². The summed E-state index contributed by atoms with van der Waals surface area (Å²) in [6.45, 7) is -0.185. The van der Waals surface area contributed by atoms with E-state index in [1.165, 1.54) is 4.57 Å². The summed E-state index contributed by atoms with van der Waals surface area (Å²) in [6, 6.07) is 14.0. The largest absolute Gasteiger partial charge is 0.350 e. The molecule has 1 aliphatic rings.